The molecule has 0 spiro atoms. The van der Waals surface area contributed by atoms with E-state index in [2.05, 4.69) is 5.32 Å². The molecule has 2 heterocycles. The number of cyclic esters (lactones) is 1. The van der Waals surface area contributed by atoms with Gasteiger partial charge in [-0.3, -0.25) is 9.69 Å². The van der Waals surface area contributed by atoms with Crippen LogP contribution < -0.4 is 15.1 Å². The van der Waals surface area contributed by atoms with Crippen molar-refractivity contribution in [1.82, 2.24) is 5.32 Å². The highest BCUT2D eigenvalue weighted by Crippen LogP contribution is 2.28. The molecule has 2 aliphatic rings. The van der Waals surface area contributed by atoms with Gasteiger partial charge in [-0.1, -0.05) is 13.8 Å². The molecular formula is C18H24FN3O4. The Bertz CT molecular complexity index is 676. The number of rotatable bonds is 5. The maximum absolute atomic E-state index is 14.5. The number of benzene rings is 1. The fourth-order valence-electron chi connectivity index (χ4n) is 2.98. The van der Waals surface area contributed by atoms with Crippen LogP contribution in [0.1, 0.15) is 13.8 Å². The summed E-state index contributed by atoms with van der Waals surface area (Å²) in [5, 5.41) is 2.74. The van der Waals surface area contributed by atoms with Crippen LogP contribution in [-0.4, -0.2) is 57.5 Å². The molecule has 8 heteroatoms. The minimum absolute atomic E-state index is 0.0968. The van der Waals surface area contributed by atoms with E-state index in [1.54, 1.807) is 26.0 Å². The second kappa shape index (κ2) is 7.90. The van der Waals surface area contributed by atoms with Crippen LogP contribution >= 0.6 is 0 Å². The lowest BCUT2D eigenvalue weighted by atomic mass is 10.2. The largest absolute Gasteiger partial charge is 0.442 e. The van der Waals surface area contributed by atoms with Crippen LogP contribution in [0.5, 0.6) is 0 Å². The summed E-state index contributed by atoms with van der Waals surface area (Å²) in [6.07, 6.45) is -0.987. The Morgan fingerprint density at radius 1 is 1.35 bits per heavy atom. The fraction of sp³-hybridized carbons (Fsp3) is 0.556. The monoisotopic (exact) mass is 365 g/mol. The molecule has 3 rings (SSSR count). The van der Waals surface area contributed by atoms with Crippen molar-refractivity contribution in [3.8, 4) is 0 Å². The Hall–Kier alpha value is -2.35. The SMILES string of the molecule is CC(C)C(=O)NC[C@H]1CN(c2ccc(N3CCOCC3)c(F)c2)C(=O)O1. The first-order valence-electron chi connectivity index (χ1n) is 8.84. The molecule has 0 saturated carbocycles. The molecular weight excluding hydrogens is 341 g/mol. The lowest BCUT2D eigenvalue weighted by Crippen LogP contribution is -2.37. The van der Waals surface area contributed by atoms with Crippen molar-refractivity contribution in [3.63, 3.8) is 0 Å². The summed E-state index contributed by atoms with van der Waals surface area (Å²) in [4.78, 5) is 27.1. The highest BCUT2D eigenvalue weighted by molar-refractivity contribution is 5.90. The summed E-state index contributed by atoms with van der Waals surface area (Å²) < 4.78 is 25.1. The molecule has 1 atom stereocenters. The van der Waals surface area contributed by atoms with Gasteiger partial charge in [-0.15, -0.1) is 0 Å². The number of anilines is 2. The van der Waals surface area contributed by atoms with Crippen LogP contribution in [-0.2, 0) is 14.3 Å². The number of carbonyl (C=O) groups is 2. The minimum Gasteiger partial charge on any atom is -0.442 e. The number of carbonyl (C=O) groups excluding carboxylic acids is 2. The lowest BCUT2D eigenvalue weighted by molar-refractivity contribution is -0.124. The molecule has 26 heavy (non-hydrogen) atoms. The van der Waals surface area contributed by atoms with Gasteiger partial charge >= 0.3 is 6.09 Å². The molecule has 7 nitrogen and oxygen atoms in total. The number of hydrogen-bond acceptors (Lipinski definition) is 5. The third kappa shape index (κ3) is 4.07. The zero-order chi connectivity index (χ0) is 18.7. The van der Waals surface area contributed by atoms with E-state index >= 15 is 0 Å². The average Bonchev–Trinajstić information content (AvgIpc) is 3.01. The van der Waals surface area contributed by atoms with E-state index in [1.165, 1.54) is 11.0 Å². The molecule has 2 saturated heterocycles. The van der Waals surface area contributed by atoms with Gasteiger partial charge in [-0.25, -0.2) is 9.18 Å². The van der Waals surface area contributed by atoms with Crippen molar-refractivity contribution in [2.45, 2.75) is 20.0 Å². The summed E-state index contributed by atoms with van der Waals surface area (Å²) >= 11 is 0. The molecule has 0 unspecified atom stereocenters. The van der Waals surface area contributed by atoms with Crippen molar-refractivity contribution in [3.05, 3.63) is 24.0 Å². The Morgan fingerprint density at radius 3 is 2.73 bits per heavy atom. The fourth-order valence-corrected chi connectivity index (χ4v) is 2.98. The van der Waals surface area contributed by atoms with Gasteiger partial charge in [0.1, 0.15) is 11.9 Å². The summed E-state index contributed by atoms with van der Waals surface area (Å²) in [5.74, 6) is -0.612. The highest BCUT2D eigenvalue weighted by atomic mass is 19.1. The van der Waals surface area contributed by atoms with Crippen molar-refractivity contribution < 1.29 is 23.5 Å². The van der Waals surface area contributed by atoms with E-state index in [0.717, 1.165) is 0 Å². The van der Waals surface area contributed by atoms with Gasteiger partial charge in [0.05, 0.1) is 37.7 Å². The molecule has 0 aliphatic carbocycles. The van der Waals surface area contributed by atoms with E-state index in [1.807, 2.05) is 4.90 Å². The second-order valence-corrected chi connectivity index (χ2v) is 6.75. The minimum atomic E-state index is -0.535. The standard InChI is InChI=1S/C18H24FN3O4/c1-12(2)17(23)20-10-14-11-22(18(24)26-14)13-3-4-16(15(19)9-13)21-5-7-25-8-6-21/h3-4,9,12,14H,5-8,10-11H2,1-2H3,(H,20,23)/t14-/m0/s1. The number of ether oxygens (including phenoxy) is 2. The zero-order valence-electron chi connectivity index (χ0n) is 15.0. The van der Waals surface area contributed by atoms with Crippen LogP contribution in [0.25, 0.3) is 0 Å². The van der Waals surface area contributed by atoms with Gasteiger partial charge in [-0.05, 0) is 18.2 Å². The smallest absolute Gasteiger partial charge is 0.414 e. The Labute approximate surface area is 152 Å². The van der Waals surface area contributed by atoms with Crippen molar-refractivity contribution in [1.29, 1.82) is 0 Å². The first kappa shape index (κ1) is 18.4. The molecule has 1 N–H and O–H groups in total. The number of nitrogens with one attached hydrogen (secondary N) is 1. The van der Waals surface area contributed by atoms with Crippen LogP contribution in [0.15, 0.2) is 18.2 Å². The van der Waals surface area contributed by atoms with E-state index in [0.29, 0.717) is 37.7 Å². The third-order valence-corrected chi connectivity index (χ3v) is 4.50. The molecule has 142 valence electrons. The van der Waals surface area contributed by atoms with Crippen molar-refractivity contribution in [2.24, 2.45) is 5.92 Å². The topological polar surface area (TPSA) is 71.1 Å². The van der Waals surface area contributed by atoms with E-state index in [4.69, 9.17) is 9.47 Å². The van der Waals surface area contributed by atoms with Crippen LogP contribution in [0.3, 0.4) is 0 Å². The van der Waals surface area contributed by atoms with Crippen molar-refractivity contribution >= 4 is 23.4 Å². The van der Waals surface area contributed by atoms with Gasteiger partial charge in [0.25, 0.3) is 0 Å². The first-order valence-corrected chi connectivity index (χ1v) is 8.84. The molecule has 0 radical (unpaired) electrons. The molecule has 0 bridgehead atoms. The zero-order valence-corrected chi connectivity index (χ0v) is 15.0. The second-order valence-electron chi connectivity index (χ2n) is 6.75. The molecule has 1 aromatic rings. The summed E-state index contributed by atoms with van der Waals surface area (Å²) in [5.41, 5.74) is 0.951. The molecule has 0 aromatic heterocycles. The number of amides is 2. The lowest BCUT2D eigenvalue weighted by Gasteiger charge is -2.29. The summed E-state index contributed by atoms with van der Waals surface area (Å²) in [6, 6.07) is 4.74. The van der Waals surface area contributed by atoms with Gasteiger partial charge in [0.2, 0.25) is 5.91 Å². The molecule has 2 amide bonds. The summed E-state index contributed by atoms with van der Waals surface area (Å²) in [6.45, 7) is 6.52. The van der Waals surface area contributed by atoms with Crippen LogP contribution in [0.4, 0.5) is 20.6 Å². The molecule has 1 aromatic carbocycles. The van der Waals surface area contributed by atoms with Crippen LogP contribution in [0, 0.1) is 11.7 Å². The predicted octanol–water partition coefficient (Wildman–Crippen LogP) is 1.76. The first-order chi connectivity index (χ1) is 12.5. The van der Waals surface area contributed by atoms with Crippen LogP contribution in [0.2, 0.25) is 0 Å². The normalized spacial score (nSPS) is 20.5. The van der Waals surface area contributed by atoms with E-state index < -0.39 is 12.2 Å². The molecule has 2 aliphatic heterocycles. The number of morpholine rings is 1. The molecule has 2 fully saturated rings. The Balaban J connectivity index is 1.64. The van der Waals surface area contributed by atoms with E-state index in [9.17, 15) is 14.0 Å². The summed E-state index contributed by atoms with van der Waals surface area (Å²) in [7, 11) is 0. The third-order valence-electron chi connectivity index (χ3n) is 4.50. The quantitative estimate of drug-likeness (QED) is 0.861. The number of halogens is 1. The van der Waals surface area contributed by atoms with Gasteiger partial charge in [0.15, 0.2) is 0 Å². The average molecular weight is 365 g/mol. The predicted molar refractivity (Wildman–Crippen MR) is 94.9 cm³/mol. The maximum Gasteiger partial charge on any atom is 0.414 e. The van der Waals surface area contributed by atoms with Crippen molar-refractivity contribution in [2.75, 3.05) is 49.2 Å². The maximum atomic E-state index is 14.5. The Morgan fingerprint density at radius 2 is 2.08 bits per heavy atom. The number of hydrogen-bond donors (Lipinski definition) is 1. The van der Waals surface area contributed by atoms with E-state index in [-0.39, 0.29) is 30.7 Å². The Kier molecular flexibility index (Phi) is 5.61. The highest BCUT2D eigenvalue weighted by Gasteiger charge is 2.33. The van der Waals surface area contributed by atoms with Gasteiger partial charge in [-0.2, -0.15) is 0 Å². The number of nitrogens with zero attached hydrogens (tertiary/aromatic N) is 2. The van der Waals surface area contributed by atoms with Gasteiger partial charge < -0.3 is 19.7 Å². The van der Waals surface area contributed by atoms with Gasteiger partial charge in [0, 0.05) is 19.0 Å².